The molecule has 0 aliphatic carbocycles. The number of hydrogen-bond acceptors (Lipinski definition) is 0. The van der Waals surface area contributed by atoms with Gasteiger partial charge in [0.05, 0.1) is 5.38 Å². The van der Waals surface area contributed by atoms with E-state index in [9.17, 15) is 0 Å². The average Bonchev–Trinajstić information content (AvgIpc) is 2.28. The molecule has 0 fully saturated rings. The van der Waals surface area contributed by atoms with Gasteiger partial charge in [-0.25, -0.2) is 0 Å². The maximum Gasteiger partial charge on any atom is 0.0836 e. The molecule has 0 saturated carbocycles. The summed E-state index contributed by atoms with van der Waals surface area (Å²) < 4.78 is 2.05. The summed E-state index contributed by atoms with van der Waals surface area (Å²) in [5.74, 6) is 0. The molecule has 3 heteroatoms. The topological polar surface area (TPSA) is 0 Å². The first kappa shape index (κ1) is 12.2. The molecule has 0 heterocycles. The first-order valence-corrected chi connectivity index (χ1v) is 6.84. The van der Waals surface area contributed by atoms with E-state index in [4.69, 9.17) is 11.6 Å². The molecule has 0 aliphatic heterocycles. The molecule has 0 aliphatic rings. The second kappa shape index (κ2) is 5.35. The van der Waals surface area contributed by atoms with Crippen molar-refractivity contribution in [3.63, 3.8) is 0 Å². The molecule has 0 radical (unpaired) electrons. The SMILES string of the molecule is ClC(c1ccccc1)c1cc(Br)cc(Br)c1. The van der Waals surface area contributed by atoms with Crippen molar-refractivity contribution in [2.75, 3.05) is 0 Å². The second-order valence-corrected chi connectivity index (χ2v) is 5.74. The van der Waals surface area contributed by atoms with Crippen LogP contribution in [0.5, 0.6) is 0 Å². The number of hydrogen-bond donors (Lipinski definition) is 0. The fraction of sp³-hybridized carbons (Fsp3) is 0.0769. The summed E-state index contributed by atoms with van der Waals surface area (Å²) in [5, 5.41) is -0.116. The third-order valence-electron chi connectivity index (χ3n) is 2.27. The summed E-state index contributed by atoms with van der Waals surface area (Å²) in [4.78, 5) is 0. The Hall–Kier alpha value is -0.310. The van der Waals surface area contributed by atoms with Crippen molar-refractivity contribution >= 4 is 43.5 Å². The predicted molar refractivity (Wildman–Crippen MR) is 76.0 cm³/mol. The predicted octanol–water partition coefficient (Wildman–Crippen LogP) is 5.54. The maximum absolute atomic E-state index is 6.43. The Labute approximate surface area is 117 Å². The van der Waals surface area contributed by atoms with E-state index in [1.54, 1.807) is 0 Å². The van der Waals surface area contributed by atoms with E-state index in [1.165, 1.54) is 0 Å². The minimum Gasteiger partial charge on any atom is -0.113 e. The maximum atomic E-state index is 6.43. The van der Waals surface area contributed by atoms with E-state index in [0.29, 0.717) is 0 Å². The minimum absolute atomic E-state index is 0.116. The van der Waals surface area contributed by atoms with Gasteiger partial charge in [-0.3, -0.25) is 0 Å². The lowest BCUT2D eigenvalue weighted by molar-refractivity contribution is 1.13. The van der Waals surface area contributed by atoms with Gasteiger partial charge in [0.25, 0.3) is 0 Å². The fourth-order valence-corrected chi connectivity index (χ4v) is 3.14. The van der Waals surface area contributed by atoms with Crippen LogP contribution in [-0.4, -0.2) is 0 Å². The molecule has 0 spiro atoms. The third kappa shape index (κ3) is 2.88. The highest BCUT2D eigenvalue weighted by Gasteiger charge is 2.11. The molecule has 0 aromatic heterocycles. The smallest absolute Gasteiger partial charge is 0.0836 e. The van der Waals surface area contributed by atoms with Crippen molar-refractivity contribution in [3.05, 3.63) is 68.6 Å². The van der Waals surface area contributed by atoms with Crippen LogP contribution >= 0.6 is 43.5 Å². The lowest BCUT2D eigenvalue weighted by Gasteiger charge is -2.11. The zero-order valence-electron chi connectivity index (χ0n) is 8.33. The van der Waals surface area contributed by atoms with Gasteiger partial charge >= 0.3 is 0 Å². The molecule has 1 unspecified atom stereocenters. The lowest BCUT2D eigenvalue weighted by Crippen LogP contribution is -1.92. The zero-order chi connectivity index (χ0) is 11.5. The Morgan fingerprint density at radius 3 is 1.94 bits per heavy atom. The van der Waals surface area contributed by atoms with Gasteiger partial charge in [0, 0.05) is 8.95 Å². The van der Waals surface area contributed by atoms with Crippen LogP contribution < -0.4 is 0 Å². The second-order valence-electron chi connectivity index (χ2n) is 3.48. The quantitative estimate of drug-likeness (QED) is 0.617. The van der Waals surface area contributed by atoms with E-state index in [-0.39, 0.29) is 5.38 Å². The van der Waals surface area contributed by atoms with Gasteiger partial charge in [-0.15, -0.1) is 11.6 Å². The standard InChI is InChI=1S/C13H9Br2Cl/c14-11-6-10(7-12(15)8-11)13(16)9-4-2-1-3-5-9/h1-8,13H. The Morgan fingerprint density at radius 1 is 0.812 bits per heavy atom. The van der Waals surface area contributed by atoms with Gasteiger partial charge in [0.2, 0.25) is 0 Å². The summed E-state index contributed by atoms with van der Waals surface area (Å²) in [5.41, 5.74) is 2.18. The largest absolute Gasteiger partial charge is 0.113 e. The number of benzene rings is 2. The van der Waals surface area contributed by atoms with Crippen molar-refractivity contribution in [2.45, 2.75) is 5.38 Å². The summed E-state index contributed by atoms with van der Waals surface area (Å²) in [6.45, 7) is 0. The Kier molecular flexibility index (Phi) is 4.06. The monoisotopic (exact) mass is 358 g/mol. The van der Waals surface area contributed by atoms with Crippen LogP contribution in [-0.2, 0) is 0 Å². The molecule has 0 bridgehead atoms. The molecule has 82 valence electrons. The zero-order valence-corrected chi connectivity index (χ0v) is 12.3. The minimum atomic E-state index is -0.116. The van der Waals surface area contributed by atoms with Crippen molar-refractivity contribution in [2.24, 2.45) is 0 Å². The highest BCUT2D eigenvalue weighted by atomic mass is 79.9. The van der Waals surface area contributed by atoms with Gasteiger partial charge in [0.1, 0.15) is 0 Å². The Balaban J connectivity index is 2.37. The van der Waals surface area contributed by atoms with Gasteiger partial charge < -0.3 is 0 Å². The number of halogens is 3. The van der Waals surface area contributed by atoms with Crippen molar-refractivity contribution in [3.8, 4) is 0 Å². The molecule has 2 rings (SSSR count). The highest BCUT2D eigenvalue weighted by molar-refractivity contribution is 9.11. The molecule has 0 amide bonds. The van der Waals surface area contributed by atoms with Crippen LogP contribution in [0.1, 0.15) is 16.5 Å². The van der Waals surface area contributed by atoms with Crippen LogP contribution in [0.2, 0.25) is 0 Å². The molecule has 0 nitrogen and oxygen atoms in total. The van der Waals surface area contributed by atoms with E-state index < -0.39 is 0 Å². The first-order chi connectivity index (χ1) is 7.66. The van der Waals surface area contributed by atoms with Crippen molar-refractivity contribution in [1.82, 2.24) is 0 Å². The van der Waals surface area contributed by atoms with Gasteiger partial charge in [-0.2, -0.15) is 0 Å². The van der Waals surface area contributed by atoms with E-state index in [0.717, 1.165) is 20.1 Å². The van der Waals surface area contributed by atoms with Crippen LogP contribution in [0.4, 0.5) is 0 Å². The normalized spacial score (nSPS) is 12.4. The lowest BCUT2D eigenvalue weighted by atomic mass is 10.0. The van der Waals surface area contributed by atoms with Crippen LogP contribution in [0.3, 0.4) is 0 Å². The third-order valence-corrected chi connectivity index (χ3v) is 3.69. The van der Waals surface area contributed by atoms with Crippen molar-refractivity contribution in [1.29, 1.82) is 0 Å². The molecule has 2 aromatic rings. The highest BCUT2D eigenvalue weighted by Crippen LogP contribution is 2.32. The Bertz CT molecular complexity index is 462. The molecular weight excluding hydrogens is 351 g/mol. The summed E-state index contributed by atoms with van der Waals surface area (Å²) in [6, 6.07) is 16.1. The van der Waals surface area contributed by atoms with Gasteiger partial charge in [0.15, 0.2) is 0 Å². The summed E-state index contributed by atoms with van der Waals surface area (Å²) in [6.07, 6.45) is 0. The molecule has 1 atom stereocenters. The van der Waals surface area contributed by atoms with E-state index in [2.05, 4.69) is 31.9 Å². The van der Waals surface area contributed by atoms with Crippen LogP contribution in [0.15, 0.2) is 57.5 Å². The van der Waals surface area contributed by atoms with Crippen LogP contribution in [0.25, 0.3) is 0 Å². The van der Waals surface area contributed by atoms with Gasteiger partial charge in [-0.1, -0.05) is 62.2 Å². The molecule has 0 N–H and O–H groups in total. The summed E-state index contributed by atoms with van der Waals surface area (Å²) in [7, 11) is 0. The fourth-order valence-electron chi connectivity index (χ4n) is 1.54. The van der Waals surface area contributed by atoms with Crippen molar-refractivity contribution < 1.29 is 0 Å². The van der Waals surface area contributed by atoms with E-state index >= 15 is 0 Å². The number of alkyl halides is 1. The number of rotatable bonds is 2. The molecule has 0 saturated heterocycles. The first-order valence-electron chi connectivity index (χ1n) is 4.82. The molecule has 16 heavy (non-hydrogen) atoms. The Morgan fingerprint density at radius 2 is 1.38 bits per heavy atom. The summed E-state index contributed by atoms with van der Waals surface area (Å²) >= 11 is 13.4. The van der Waals surface area contributed by atoms with Gasteiger partial charge in [-0.05, 0) is 29.3 Å². The molecular formula is C13H9Br2Cl. The van der Waals surface area contributed by atoms with Crippen LogP contribution in [0, 0.1) is 0 Å². The van der Waals surface area contributed by atoms with E-state index in [1.807, 2.05) is 48.5 Å². The average molecular weight is 360 g/mol. The molecule has 2 aromatic carbocycles.